The van der Waals surface area contributed by atoms with Crippen molar-refractivity contribution in [1.82, 2.24) is 5.32 Å². The highest BCUT2D eigenvalue weighted by molar-refractivity contribution is 6.30. The summed E-state index contributed by atoms with van der Waals surface area (Å²) in [5.41, 5.74) is 3.94. The average molecular weight is 574 g/mol. The lowest BCUT2D eigenvalue weighted by Gasteiger charge is -2.36. The third-order valence-corrected chi connectivity index (χ3v) is 7.59. The first-order chi connectivity index (χ1) is 19.9. The smallest absolute Gasteiger partial charge is 0.336 e. The number of hydrogen-bond acceptors (Lipinski definition) is 7. The zero-order valence-corrected chi connectivity index (χ0v) is 23.7. The molecule has 0 fully saturated rings. The normalized spacial score (nSPS) is 18.5. The number of dihydropyridines is 1. The van der Waals surface area contributed by atoms with Gasteiger partial charge in [0.15, 0.2) is 17.3 Å². The summed E-state index contributed by atoms with van der Waals surface area (Å²) < 4.78 is 17.0. The van der Waals surface area contributed by atoms with E-state index in [-0.39, 0.29) is 36.4 Å². The predicted octanol–water partition coefficient (Wildman–Crippen LogP) is 6.43. The lowest BCUT2D eigenvalue weighted by atomic mass is 9.71. The SMILES string of the molecule is CCOc1cc(C2C(C(=O)OCCOc3ccccc3)=C(C)NC3=C2C(=O)CC(c2ccc(Cl)cc2)C3)ccc1O. The maximum absolute atomic E-state index is 13.8. The van der Waals surface area contributed by atoms with Crippen molar-refractivity contribution in [3.05, 3.63) is 111 Å². The molecule has 7 nitrogen and oxygen atoms in total. The molecule has 0 saturated carbocycles. The van der Waals surface area contributed by atoms with Crippen LogP contribution in [0.25, 0.3) is 0 Å². The minimum Gasteiger partial charge on any atom is -0.504 e. The van der Waals surface area contributed by atoms with Crippen LogP contribution in [0.2, 0.25) is 5.02 Å². The highest BCUT2D eigenvalue weighted by Crippen LogP contribution is 2.47. The number of benzene rings is 3. The molecule has 3 aromatic rings. The number of hydrogen-bond donors (Lipinski definition) is 2. The number of allylic oxidation sites excluding steroid dienone is 3. The first-order valence-electron chi connectivity index (χ1n) is 13.7. The van der Waals surface area contributed by atoms with Crippen molar-refractivity contribution < 1.29 is 28.9 Å². The minimum atomic E-state index is -0.688. The number of halogens is 1. The summed E-state index contributed by atoms with van der Waals surface area (Å²) in [6.45, 7) is 4.21. The van der Waals surface area contributed by atoms with Crippen LogP contribution in [0.1, 0.15) is 49.7 Å². The van der Waals surface area contributed by atoms with Crippen LogP contribution in [0.4, 0.5) is 0 Å². The number of carbonyl (C=O) groups excluding carboxylic acids is 2. The van der Waals surface area contributed by atoms with E-state index < -0.39 is 11.9 Å². The van der Waals surface area contributed by atoms with Crippen LogP contribution in [0.5, 0.6) is 17.2 Å². The lowest BCUT2D eigenvalue weighted by molar-refractivity contribution is -0.140. The third kappa shape index (κ3) is 6.25. The van der Waals surface area contributed by atoms with Crippen molar-refractivity contribution in [3.63, 3.8) is 0 Å². The Morgan fingerprint density at radius 1 is 0.976 bits per heavy atom. The number of para-hydroxylation sites is 1. The molecule has 8 heteroatoms. The van der Waals surface area contributed by atoms with E-state index in [1.54, 1.807) is 12.1 Å². The van der Waals surface area contributed by atoms with Gasteiger partial charge in [-0.15, -0.1) is 0 Å². The molecule has 3 aromatic carbocycles. The molecule has 2 unspecified atom stereocenters. The van der Waals surface area contributed by atoms with E-state index in [4.69, 9.17) is 25.8 Å². The number of nitrogens with one attached hydrogen (secondary N) is 1. The Labute approximate surface area is 244 Å². The number of carbonyl (C=O) groups is 2. The molecule has 2 N–H and O–H groups in total. The van der Waals surface area contributed by atoms with Crippen LogP contribution in [-0.2, 0) is 14.3 Å². The Hall–Kier alpha value is -4.23. The second-order valence-corrected chi connectivity index (χ2v) is 10.5. The summed E-state index contributed by atoms with van der Waals surface area (Å²) in [4.78, 5) is 27.4. The van der Waals surface area contributed by atoms with E-state index >= 15 is 0 Å². The topological polar surface area (TPSA) is 94.1 Å². The monoisotopic (exact) mass is 573 g/mol. The molecule has 1 aliphatic heterocycles. The largest absolute Gasteiger partial charge is 0.504 e. The van der Waals surface area contributed by atoms with Gasteiger partial charge in [0.1, 0.15) is 19.0 Å². The van der Waals surface area contributed by atoms with Gasteiger partial charge >= 0.3 is 5.97 Å². The fourth-order valence-electron chi connectivity index (χ4n) is 5.48. The van der Waals surface area contributed by atoms with Gasteiger partial charge in [0.05, 0.1) is 12.2 Å². The van der Waals surface area contributed by atoms with Gasteiger partial charge in [0, 0.05) is 34.3 Å². The predicted molar refractivity (Wildman–Crippen MR) is 156 cm³/mol. The van der Waals surface area contributed by atoms with E-state index in [0.717, 1.165) is 11.3 Å². The Bertz CT molecular complexity index is 1500. The Kier molecular flexibility index (Phi) is 8.64. The number of rotatable bonds is 9. The van der Waals surface area contributed by atoms with Crippen molar-refractivity contribution in [2.45, 2.75) is 38.5 Å². The van der Waals surface area contributed by atoms with Gasteiger partial charge in [-0.1, -0.05) is 48.0 Å². The number of phenols is 1. The molecule has 1 heterocycles. The highest BCUT2D eigenvalue weighted by Gasteiger charge is 2.41. The summed E-state index contributed by atoms with van der Waals surface area (Å²) in [7, 11) is 0. The summed E-state index contributed by atoms with van der Waals surface area (Å²) >= 11 is 6.09. The standard InChI is InChI=1S/C33H32ClNO6/c1-3-39-29-19-22(11-14-27(29)36)31-30(33(38)41-16-15-40-25-7-5-4-6-8-25)20(2)35-26-17-23(18-28(37)32(26)31)21-9-12-24(34)13-10-21/h4-14,19,23,31,35-36H,3,15-18H2,1-2H3. The third-order valence-electron chi connectivity index (χ3n) is 7.33. The van der Waals surface area contributed by atoms with Gasteiger partial charge < -0.3 is 24.6 Å². The second kappa shape index (κ2) is 12.5. The molecule has 0 radical (unpaired) electrons. The van der Waals surface area contributed by atoms with E-state index in [1.165, 1.54) is 6.07 Å². The van der Waals surface area contributed by atoms with Crippen molar-refractivity contribution in [2.24, 2.45) is 0 Å². The van der Waals surface area contributed by atoms with Gasteiger partial charge in [0.2, 0.25) is 0 Å². The molecule has 5 rings (SSSR count). The van der Waals surface area contributed by atoms with Crippen molar-refractivity contribution in [2.75, 3.05) is 19.8 Å². The summed E-state index contributed by atoms with van der Waals surface area (Å²) in [6.07, 6.45) is 0.890. The lowest BCUT2D eigenvalue weighted by Crippen LogP contribution is -2.36. The van der Waals surface area contributed by atoms with Gasteiger partial charge in [-0.2, -0.15) is 0 Å². The second-order valence-electron chi connectivity index (χ2n) is 10.0. The molecule has 0 bridgehead atoms. The maximum Gasteiger partial charge on any atom is 0.336 e. The Morgan fingerprint density at radius 2 is 1.71 bits per heavy atom. The highest BCUT2D eigenvalue weighted by atomic mass is 35.5. The number of aromatic hydroxyl groups is 1. The van der Waals surface area contributed by atoms with Gasteiger partial charge in [0.25, 0.3) is 0 Å². The maximum atomic E-state index is 13.8. The number of phenolic OH excluding ortho intramolecular Hbond substituents is 1. The minimum absolute atomic E-state index is 0.0144. The van der Waals surface area contributed by atoms with Crippen LogP contribution < -0.4 is 14.8 Å². The van der Waals surface area contributed by atoms with E-state index in [0.29, 0.717) is 52.6 Å². The molecule has 0 spiro atoms. The summed E-state index contributed by atoms with van der Waals surface area (Å²) in [5, 5.41) is 14.3. The van der Waals surface area contributed by atoms with Crippen molar-refractivity contribution in [1.29, 1.82) is 0 Å². The fraction of sp³-hybridized carbons (Fsp3) is 0.273. The fourth-order valence-corrected chi connectivity index (χ4v) is 5.61. The van der Waals surface area contributed by atoms with Crippen LogP contribution in [0.3, 0.4) is 0 Å². The molecule has 212 valence electrons. The quantitative estimate of drug-likeness (QED) is 0.225. The molecule has 0 saturated heterocycles. The molecule has 1 aliphatic carbocycles. The van der Waals surface area contributed by atoms with E-state index in [1.807, 2.05) is 68.4 Å². The molecule has 0 amide bonds. The van der Waals surface area contributed by atoms with Crippen LogP contribution in [-0.4, -0.2) is 36.7 Å². The zero-order chi connectivity index (χ0) is 28.9. The van der Waals surface area contributed by atoms with Crippen LogP contribution in [0.15, 0.2) is 95.3 Å². The van der Waals surface area contributed by atoms with Gasteiger partial charge in [-0.3, -0.25) is 4.79 Å². The molecule has 2 aliphatic rings. The van der Waals surface area contributed by atoms with Crippen LogP contribution in [0, 0.1) is 0 Å². The van der Waals surface area contributed by atoms with Gasteiger partial charge in [-0.25, -0.2) is 4.79 Å². The zero-order valence-electron chi connectivity index (χ0n) is 23.0. The number of ketones is 1. The average Bonchev–Trinajstić information content (AvgIpc) is 2.96. The Morgan fingerprint density at radius 3 is 2.44 bits per heavy atom. The first kappa shape index (κ1) is 28.3. The number of ether oxygens (including phenoxy) is 3. The molecule has 2 atom stereocenters. The summed E-state index contributed by atoms with van der Waals surface area (Å²) in [5.74, 6) is -0.355. The molecule has 0 aromatic heterocycles. The Balaban J connectivity index is 1.46. The molecular weight excluding hydrogens is 542 g/mol. The van der Waals surface area contributed by atoms with E-state index in [9.17, 15) is 14.7 Å². The van der Waals surface area contributed by atoms with Crippen LogP contribution >= 0.6 is 11.6 Å². The number of Topliss-reactive ketones (excluding diaryl/α,β-unsaturated/α-hetero) is 1. The van der Waals surface area contributed by atoms with Crippen molar-refractivity contribution in [3.8, 4) is 17.2 Å². The summed E-state index contributed by atoms with van der Waals surface area (Å²) in [6, 6.07) is 21.8. The molecule has 41 heavy (non-hydrogen) atoms. The van der Waals surface area contributed by atoms with E-state index in [2.05, 4.69) is 5.32 Å². The van der Waals surface area contributed by atoms with Gasteiger partial charge in [-0.05, 0) is 73.7 Å². The molecular formula is C33H32ClNO6. The number of esters is 1. The van der Waals surface area contributed by atoms with Crippen molar-refractivity contribution >= 4 is 23.4 Å². The first-order valence-corrected chi connectivity index (χ1v) is 14.0.